The Morgan fingerprint density at radius 1 is 0.812 bits per heavy atom. The summed E-state index contributed by atoms with van der Waals surface area (Å²) in [6.45, 7) is 14.8. The summed E-state index contributed by atoms with van der Waals surface area (Å²) in [5.74, 6) is 0.822. The maximum atomic E-state index is 3.99. The van der Waals surface area contributed by atoms with Gasteiger partial charge in [-0.15, -0.1) is 0 Å². The smallest absolute Gasteiger partial charge is 0.0594 e. The molecular weight excluding hydrogens is 583 g/mol. The second-order valence-electron chi connectivity index (χ2n) is 16.9. The lowest BCUT2D eigenvalue weighted by atomic mass is 9.63. The van der Waals surface area contributed by atoms with E-state index in [4.69, 9.17) is 0 Å². The first-order valence-electron chi connectivity index (χ1n) is 18.5. The number of hydrogen-bond donors (Lipinski definition) is 1. The Labute approximate surface area is 288 Å². The highest BCUT2D eigenvalue weighted by Gasteiger charge is 2.48. The molecule has 5 aliphatic carbocycles. The molecule has 0 amide bonds. The standard InChI is InChI=1S/C45H51N3/c1-43(2)31-15-7-11-19-39(31)47(40-20-12-8-16-32(40)43)29-23-25-37-35(27-29)45(5,6)36-28-30(24-26-38(36)46-37)48-41-21-13-9-17-33(41)44(3,4)34-18-10-14-22-42(34)48/h7-9,11,13-16,21-28,33,36,38-39,46H,10,12,17-20H2,1-6H3. The van der Waals surface area contributed by atoms with Gasteiger partial charge in [0.25, 0.3) is 0 Å². The van der Waals surface area contributed by atoms with E-state index in [9.17, 15) is 0 Å². The van der Waals surface area contributed by atoms with E-state index >= 15 is 0 Å². The van der Waals surface area contributed by atoms with Crippen LogP contribution in [0.25, 0.3) is 0 Å². The highest BCUT2D eigenvalue weighted by Crippen LogP contribution is 2.56. The predicted octanol–water partition coefficient (Wildman–Crippen LogP) is 10.9. The Bertz CT molecular complexity index is 1910. The van der Waals surface area contributed by atoms with Crippen molar-refractivity contribution in [1.82, 2.24) is 4.90 Å². The molecule has 1 N–H and O–H groups in total. The van der Waals surface area contributed by atoms with E-state index in [2.05, 4.69) is 154 Å². The van der Waals surface area contributed by atoms with Crippen LogP contribution in [0, 0.1) is 22.7 Å². The van der Waals surface area contributed by atoms with Crippen LogP contribution >= 0.6 is 0 Å². The number of fused-ring (bicyclic) bond motifs is 4. The maximum Gasteiger partial charge on any atom is 0.0594 e. The summed E-state index contributed by atoms with van der Waals surface area (Å²) in [6, 6.07) is 7.93. The molecule has 0 saturated carbocycles. The molecule has 246 valence electrons. The molecule has 3 heterocycles. The lowest BCUT2D eigenvalue weighted by Gasteiger charge is -2.52. The average molecular weight is 634 g/mol. The van der Waals surface area contributed by atoms with Gasteiger partial charge in [0.05, 0.1) is 12.1 Å². The van der Waals surface area contributed by atoms with Gasteiger partial charge in [-0.25, -0.2) is 0 Å². The molecule has 0 bridgehead atoms. The molecule has 3 heteroatoms. The summed E-state index contributed by atoms with van der Waals surface area (Å²) in [6.07, 6.45) is 37.8. The third-order valence-corrected chi connectivity index (χ3v) is 13.3. The number of anilines is 2. The number of rotatable bonds is 2. The van der Waals surface area contributed by atoms with Gasteiger partial charge < -0.3 is 15.1 Å². The fraction of sp³-hybridized carbons (Fsp3) is 0.422. The molecule has 4 atom stereocenters. The first-order chi connectivity index (χ1) is 23.1. The van der Waals surface area contributed by atoms with E-state index in [1.54, 1.807) is 5.57 Å². The number of nitrogens with zero attached hydrogens (tertiary/aromatic N) is 2. The third kappa shape index (κ3) is 4.18. The average Bonchev–Trinajstić information content (AvgIpc) is 3.09. The van der Waals surface area contributed by atoms with E-state index in [0.29, 0.717) is 17.9 Å². The normalized spacial score (nSPS) is 31.4. The fourth-order valence-electron chi connectivity index (χ4n) is 10.6. The first kappa shape index (κ1) is 30.1. The maximum absolute atomic E-state index is 3.99. The van der Waals surface area contributed by atoms with Crippen molar-refractivity contribution in [2.75, 3.05) is 10.2 Å². The van der Waals surface area contributed by atoms with Crippen LogP contribution in [0.3, 0.4) is 0 Å². The molecule has 9 rings (SSSR count). The van der Waals surface area contributed by atoms with E-state index in [1.165, 1.54) is 50.9 Å². The highest BCUT2D eigenvalue weighted by atomic mass is 15.2. The largest absolute Gasteiger partial charge is 0.378 e. The summed E-state index contributed by atoms with van der Waals surface area (Å²) in [5.41, 5.74) is 14.6. The van der Waals surface area contributed by atoms with Crippen molar-refractivity contribution >= 4 is 11.4 Å². The summed E-state index contributed by atoms with van der Waals surface area (Å²) < 4.78 is 0. The predicted molar refractivity (Wildman–Crippen MR) is 201 cm³/mol. The number of benzene rings is 1. The molecule has 3 nitrogen and oxygen atoms in total. The van der Waals surface area contributed by atoms with Gasteiger partial charge >= 0.3 is 0 Å². The molecule has 0 saturated heterocycles. The van der Waals surface area contributed by atoms with Crippen molar-refractivity contribution < 1.29 is 0 Å². The van der Waals surface area contributed by atoms with Crippen molar-refractivity contribution in [2.45, 2.75) is 97.6 Å². The van der Waals surface area contributed by atoms with E-state index in [0.717, 1.165) is 38.5 Å². The molecule has 1 aromatic carbocycles. The molecule has 0 fully saturated rings. The number of allylic oxidation sites excluding steroid dienone is 14. The van der Waals surface area contributed by atoms with Crippen molar-refractivity contribution in [3.8, 4) is 0 Å². The van der Waals surface area contributed by atoms with Crippen LogP contribution in [0.1, 0.15) is 85.6 Å². The first-order valence-corrected chi connectivity index (χ1v) is 18.5. The van der Waals surface area contributed by atoms with Crippen molar-refractivity contribution in [3.63, 3.8) is 0 Å². The molecule has 48 heavy (non-hydrogen) atoms. The van der Waals surface area contributed by atoms with E-state index < -0.39 is 0 Å². The van der Waals surface area contributed by atoms with Crippen LogP contribution in [-0.2, 0) is 5.41 Å². The Morgan fingerprint density at radius 3 is 2.48 bits per heavy atom. The molecule has 4 unspecified atom stereocenters. The molecule has 8 aliphatic rings. The van der Waals surface area contributed by atoms with Crippen LogP contribution < -0.4 is 10.2 Å². The molecule has 1 aromatic rings. The second kappa shape index (κ2) is 10.5. The topological polar surface area (TPSA) is 18.5 Å². The Balaban J connectivity index is 1.13. The van der Waals surface area contributed by atoms with Crippen LogP contribution in [-0.4, -0.2) is 17.0 Å². The second-order valence-corrected chi connectivity index (χ2v) is 16.9. The van der Waals surface area contributed by atoms with Gasteiger partial charge in [-0.2, -0.15) is 0 Å². The van der Waals surface area contributed by atoms with E-state index in [-0.39, 0.29) is 22.3 Å². The monoisotopic (exact) mass is 633 g/mol. The van der Waals surface area contributed by atoms with Gasteiger partial charge in [0.15, 0.2) is 0 Å². The minimum Gasteiger partial charge on any atom is -0.378 e. The van der Waals surface area contributed by atoms with Crippen LogP contribution in [0.4, 0.5) is 11.4 Å². The molecule has 0 radical (unpaired) electrons. The van der Waals surface area contributed by atoms with Gasteiger partial charge in [0.2, 0.25) is 0 Å². The fourth-order valence-corrected chi connectivity index (χ4v) is 10.6. The zero-order valence-corrected chi connectivity index (χ0v) is 29.7. The number of nitrogens with one attached hydrogen (secondary N) is 1. The van der Waals surface area contributed by atoms with Gasteiger partial charge in [0.1, 0.15) is 0 Å². The van der Waals surface area contributed by atoms with Crippen LogP contribution in [0.2, 0.25) is 0 Å². The summed E-state index contributed by atoms with van der Waals surface area (Å²) in [7, 11) is 0. The zero-order valence-electron chi connectivity index (χ0n) is 29.7. The lowest BCUT2D eigenvalue weighted by Crippen LogP contribution is -2.48. The highest BCUT2D eigenvalue weighted by molar-refractivity contribution is 5.71. The summed E-state index contributed by atoms with van der Waals surface area (Å²) >= 11 is 0. The van der Waals surface area contributed by atoms with Gasteiger partial charge in [-0.05, 0) is 103 Å². The van der Waals surface area contributed by atoms with Crippen LogP contribution in [0.5, 0.6) is 0 Å². The molecule has 3 aliphatic heterocycles. The SMILES string of the molecule is CC1(C)C2=CC=CCC2N(c2ccc3c(c2)C(C)(C)C2C=C(N4C5=CC=CCC5C(C)(C)C5=C4C=CCC5)C=CC2N3)C2=C1C=CCC2. The quantitative estimate of drug-likeness (QED) is 0.350. The van der Waals surface area contributed by atoms with Gasteiger partial charge in [-0.1, -0.05) is 102 Å². The Kier molecular flexibility index (Phi) is 6.59. The third-order valence-electron chi connectivity index (χ3n) is 13.3. The van der Waals surface area contributed by atoms with Crippen molar-refractivity contribution in [1.29, 1.82) is 0 Å². The summed E-state index contributed by atoms with van der Waals surface area (Å²) in [4.78, 5) is 5.34. The lowest BCUT2D eigenvalue weighted by molar-refractivity contribution is 0.221. The van der Waals surface area contributed by atoms with Gasteiger partial charge in [-0.3, -0.25) is 0 Å². The Hall–Kier alpha value is -3.98. The minimum atomic E-state index is -0.0595. The number of hydrogen-bond acceptors (Lipinski definition) is 3. The van der Waals surface area contributed by atoms with Crippen LogP contribution in [0.15, 0.2) is 137 Å². The van der Waals surface area contributed by atoms with E-state index in [1.807, 2.05) is 0 Å². The van der Waals surface area contributed by atoms with Gasteiger partial charge in [0, 0.05) is 56.8 Å². The molecule has 0 spiro atoms. The minimum absolute atomic E-state index is 0.0468. The van der Waals surface area contributed by atoms with Crippen molar-refractivity contribution in [3.05, 3.63) is 142 Å². The molecule has 0 aromatic heterocycles. The summed E-state index contributed by atoms with van der Waals surface area (Å²) in [5, 5.41) is 3.99. The zero-order chi connectivity index (χ0) is 33.0. The van der Waals surface area contributed by atoms with Crippen molar-refractivity contribution in [2.24, 2.45) is 22.7 Å². The Morgan fingerprint density at radius 2 is 1.60 bits per heavy atom. The molecular formula is C45H51N3.